The van der Waals surface area contributed by atoms with E-state index in [1.165, 1.54) is 11.3 Å². The second kappa shape index (κ2) is 5.02. The van der Waals surface area contributed by atoms with Crippen LogP contribution in [0.3, 0.4) is 0 Å². The van der Waals surface area contributed by atoms with Crippen molar-refractivity contribution in [2.75, 3.05) is 0 Å². The highest BCUT2D eigenvalue weighted by molar-refractivity contribution is 7.11. The summed E-state index contributed by atoms with van der Waals surface area (Å²) in [5.74, 6) is -0.198. The normalized spacial score (nSPS) is 12.5. The second-order valence-corrected chi connectivity index (χ2v) is 3.93. The van der Waals surface area contributed by atoms with Gasteiger partial charge in [-0.25, -0.2) is 4.79 Å². The van der Waals surface area contributed by atoms with Crippen LogP contribution < -0.4 is 0 Å². The number of carbonyl (C=O) groups is 1. The molecule has 0 spiro atoms. The SMILES string of the molecule is CCCC(C)OC(=O)c1cccs1. The lowest BCUT2D eigenvalue weighted by Crippen LogP contribution is -2.13. The molecule has 0 N–H and O–H groups in total. The molecule has 3 heteroatoms. The van der Waals surface area contributed by atoms with Gasteiger partial charge in [0.25, 0.3) is 0 Å². The van der Waals surface area contributed by atoms with Gasteiger partial charge < -0.3 is 4.74 Å². The van der Waals surface area contributed by atoms with E-state index in [2.05, 4.69) is 6.92 Å². The van der Waals surface area contributed by atoms with E-state index in [4.69, 9.17) is 4.74 Å². The maximum atomic E-state index is 11.4. The molecule has 1 aromatic heterocycles. The van der Waals surface area contributed by atoms with Crippen LogP contribution in [-0.4, -0.2) is 12.1 Å². The van der Waals surface area contributed by atoms with Crippen molar-refractivity contribution in [2.45, 2.75) is 32.8 Å². The summed E-state index contributed by atoms with van der Waals surface area (Å²) in [4.78, 5) is 12.1. The van der Waals surface area contributed by atoms with E-state index >= 15 is 0 Å². The summed E-state index contributed by atoms with van der Waals surface area (Å²) in [5, 5.41) is 1.88. The zero-order chi connectivity index (χ0) is 9.68. The molecule has 0 fully saturated rings. The number of ether oxygens (including phenoxy) is 1. The molecule has 1 rings (SSSR count). The fraction of sp³-hybridized carbons (Fsp3) is 0.500. The molecule has 0 aromatic carbocycles. The van der Waals surface area contributed by atoms with E-state index in [-0.39, 0.29) is 12.1 Å². The Morgan fingerprint density at radius 3 is 3.00 bits per heavy atom. The quantitative estimate of drug-likeness (QED) is 0.695. The average Bonchev–Trinajstić information content (AvgIpc) is 2.55. The standard InChI is InChI=1S/C10H14O2S/c1-3-5-8(2)12-10(11)9-6-4-7-13-9/h4,6-8H,3,5H2,1-2H3. The number of esters is 1. The van der Waals surface area contributed by atoms with Gasteiger partial charge in [0.1, 0.15) is 4.88 Å². The Morgan fingerprint density at radius 1 is 1.69 bits per heavy atom. The van der Waals surface area contributed by atoms with E-state index in [1.54, 1.807) is 6.07 Å². The Morgan fingerprint density at radius 2 is 2.46 bits per heavy atom. The van der Waals surface area contributed by atoms with Crippen molar-refractivity contribution in [3.05, 3.63) is 22.4 Å². The van der Waals surface area contributed by atoms with Gasteiger partial charge in [0.15, 0.2) is 0 Å². The molecule has 1 heterocycles. The van der Waals surface area contributed by atoms with Crippen molar-refractivity contribution in [3.63, 3.8) is 0 Å². The fourth-order valence-corrected chi connectivity index (χ4v) is 1.71. The molecule has 1 unspecified atom stereocenters. The maximum absolute atomic E-state index is 11.4. The number of carbonyl (C=O) groups excluding carboxylic acids is 1. The van der Waals surface area contributed by atoms with E-state index in [1.807, 2.05) is 18.4 Å². The van der Waals surface area contributed by atoms with Gasteiger partial charge in [-0.3, -0.25) is 0 Å². The third-order valence-electron chi connectivity index (χ3n) is 1.73. The minimum Gasteiger partial charge on any atom is -0.458 e. The first kappa shape index (κ1) is 10.3. The van der Waals surface area contributed by atoms with Gasteiger partial charge >= 0.3 is 5.97 Å². The van der Waals surface area contributed by atoms with Crippen LogP contribution in [-0.2, 0) is 4.74 Å². The zero-order valence-electron chi connectivity index (χ0n) is 7.95. The average molecular weight is 198 g/mol. The Hall–Kier alpha value is -0.830. The van der Waals surface area contributed by atoms with Gasteiger partial charge in [-0.1, -0.05) is 19.4 Å². The summed E-state index contributed by atoms with van der Waals surface area (Å²) in [6, 6.07) is 3.64. The largest absolute Gasteiger partial charge is 0.458 e. The van der Waals surface area contributed by atoms with Crippen molar-refractivity contribution in [1.29, 1.82) is 0 Å². The predicted molar refractivity (Wildman–Crippen MR) is 54.1 cm³/mol. The lowest BCUT2D eigenvalue weighted by atomic mass is 10.2. The van der Waals surface area contributed by atoms with E-state index in [0.717, 1.165) is 12.8 Å². The molecule has 0 aliphatic heterocycles. The monoisotopic (exact) mass is 198 g/mol. The van der Waals surface area contributed by atoms with Crippen LogP contribution in [0.2, 0.25) is 0 Å². The van der Waals surface area contributed by atoms with Gasteiger partial charge in [0.2, 0.25) is 0 Å². The maximum Gasteiger partial charge on any atom is 0.348 e. The van der Waals surface area contributed by atoms with Gasteiger partial charge in [-0.05, 0) is 24.8 Å². The Kier molecular flexibility index (Phi) is 3.96. The van der Waals surface area contributed by atoms with Crippen LogP contribution in [0.5, 0.6) is 0 Å². The van der Waals surface area contributed by atoms with Crippen LogP contribution in [0.15, 0.2) is 17.5 Å². The number of thiophene rings is 1. The van der Waals surface area contributed by atoms with Gasteiger partial charge in [-0.2, -0.15) is 0 Å². The van der Waals surface area contributed by atoms with Gasteiger partial charge in [0.05, 0.1) is 6.10 Å². The Labute approximate surface area is 82.5 Å². The van der Waals surface area contributed by atoms with Gasteiger partial charge in [-0.15, -0.1) is 11.3 Å². The molecule has 0 bridgehead atoms. The summed E-state index contributed by atoms with van der Waals surface area (Å²) in [5.41, 5.74) is 0. The van der Waals surface area contributed by atoms with Crippen LogP contribution in [0, 0.1) is 0 Å². The third kappa shape index (κ3) is 3.19. The third-order valence-corrected chi connectivity index (χ3v) is 2.58. The van der Waals surface area contributed by atoms with Crippen molar-refractivity contribution in [3.8, 4) is 0 Å². The molecule has 1 aromatic rings. The smallest absolute Gasteiger partial charge is 0.348 e. The number of hydrogen-bond donors (Lipinski definition) is 0. The van der Waals surface area contributed by atoms with Crippen molar-refractivity contribution in [2.24, 2.45) is 0 Å². The summed E-state index contributed by atoms with van der Waals surface area (Å²) in [7, 11) is 0. The molecule has 13 heavy (non-hydrogen) atoms. The minimum atomic E-state index is -0.198. The minimum absolute atomic E-state index is 0.0274. The molecular weight excluding hydrogens is 184 g/mol. The highest BCUT2D eigenvalue weighted by Crippen LogP contribution is 2.12. The highest BCUT2D eigenvalue weighted by atomic mass is 32.1. The fourth-order valence-electron chi connectivity index (χ4n) is 1.10. The summed E-state index contributed by atoms with van der Waals surface area (Å²) < 4.78 is 5.21. The topological polar surface area (TPSA) is 26.3 Å². The van der Waals surface area contributed by atoms with Crippen LogP contribution in [0.1, 0.15) is 36.4 Å². The molecule has 0 saturated heterocycles. The van der Waals surface area contributed by atoms with Crippen molar-refractivity contribution in [1.82, 2.24) is 0 Å². The van der Waals surface area contributed by atoms with Crippen LogP contribution >= 0.6 is 11.3 Å². The molecule has 0 saturated carbocycles. The summed E-state index contributed by atoms with van der Waals surface area (Å²) in [6.07, 6.45) is 2.00. The molecule has 72 valence electrons. The zero-order valence-corrected chi connectivity index (χ0v) is 8.76. The van der Waals surface area contributed by atoms with E-state index in [9.17, 15) is 4.79 Å². The Balaban J connectivity index is 2.42. The first-order chi connectivity index (χ1) is 6.24. The van der Waals surface area contributed by atoms with Crippen LogP contribution in [0.4, 0.5) is 0 Å². The van der Waals surface area contributed by atoms with Crippen LogP contribution in [0.25, 0.3) is 0 Å². The van der Waals surface area contributed by atoms with E-state index < -0.39 is 0 Å². The summed E-state index contributed by atoms with van der Waals surface area (Å²) >= 11 is 1.42. The molecular formula is C10H14O2S. The molecule has 1 atom stereocenters. The molecule has 2 nitrogen and oxygen atoms in total. The first-order valence-corrected chi connectivity index (χ1v) is 5.36. The van der Waals surface area contributed by atoms with E-state index in [0.29, 0.717) is 4.88 Å². The molecule has 0 aliphatic carbocycles. The molecule has 0 radical (unpaired) electrons. The second-order valence-electron chi connectivity index (χ2n) is 2.98. The molecule has 0 amide bonds. The highest BCUT2D eigenvalue weighted by Gasteiger charge is 2.11. The van der Waals surface area contributed by atoms with Crippen molar-refractivity contribution >= 4 is 17.3 Å². The lowest BCUT2D eigenvalue weighted by Gasteiger charge is -2.10. The molecule has 0 aliphatic rings. The predicted octanol–water partition coefficient (Wildman–Crippen LogP) is 3.09. The Bertz CT molecular complexity index is 254. The lowest BCUT2D eigenvalue weighted by molar-refractivity contribution is 0.0329. The first-order valence-electron chi connectivity index (χ1n) is 4.48. The number of rotatable bonds is 4. The summed E-state index contributed by atoms with van der Waals surface area (Å²) in [6.45, 7) is 4.00. The van der Waals surface area contributed by atoms with Gasteiger partial charge in [0, 0.05) is 0 Å². The van der Waals surface area contributed by atoms with Crippen molar-refractivity contribution < 1.29 is 9.53 Å². The number of hydrogen-bond acceptors (Lipinski definition) is 3.